The van der Waals surface area contributed by atoms with Crippen molar-refractivity contribution >= 4 is 21.8 Å². The number of aryl methyl sites for hydroxylation is 1. The molecule has 1 atom stereocenters. The summed E-state index contributed by atoms with van der Waals surface area (Å²) < 4.78 is 6.59. The summed E-state index contributed by atoms with van der Waals surface area (Å²) in [6.07, 6.45) is 1.03. The van der Waals surface area contributed by atoms with Crippen molar-refractivity contribution in [3.63, 3.8) is 0 Å². The Bertz CT molecular complexity index is 447. The van der Waals surface area contributed by atoms with Crippen molar-refractivity contribution in [2.75, 3.05) is 19.7 Å². The minimum Gasteiger partial charge on any atom is -0.377 e. The summed E-state index contributed by atoms with van der Waals surface area (Å²) in [6.45, 7) is 6.20. The molecule has 18 heavy (non-hydrogen) atoms. The van der Waals surface area contributed by atoms with Crippen LogP contribution in [0.2, 0.25) is 0 Å². The highest BCUT2D eigenvalue weighted by atomic mass is 79.9. The average Bonchev–Trinajstić information content (AvgIpc) is 2.56. The fraction of sp³-hybridized carbons (Fsp3) is 0.500. The number of ether oxygens (including phenoxy) is 1. The zero-order chi connectivity index (χ0) is 13.1. The van der Waals surface area contributed by atoms with E-state index in [-0.39, 0.29) is 12.0 Å². The van der Waals surface area contributed by atoms with Crippen LogP contribution in [0.25, 0.3) is 0 Å². The van der Waals surface area contributed by atoms with Gasteiger partial charge in [0, 0.05) is 29.7 Å². The smallest absolute Gasteiger partial charge is 0.253 e. The molecule has 1 aromatic rings. The van der Waals surface area contributed by atoms with Crippen LogP contribution < -0.4 is 0 Å². The highest BCUT2D eigenvalue weighted by molar-refractivity contribution is 9.10. The summed E-state index contributed by atoms with van der Waals surface area (Å²) in [5, 5.41) is 0. The van der Waals surface area contributed by atoms with Crippen molar-refractivity contribution in [3.05, 3.63) is 33.8 Å². The van der Waals surface area contributed by atoms with Crippen molar-refractivity contribution in [2.24, 2.45) is 0 Å². The van der Waals surface area contributed by atoms with Gasteiger partial charge in [0.1, 0.15) is 0 Å². The summed E-state index contributed by atoms with van der Waals surface area (Å²) in [4.78, 5) is 14.3. The molecule has 0 saturated carbocycles. The predicted molar refractivity (Wildman–Crippen MR) is 74.8 cm³/mol. The first-order valence-electron chi connectivity index (χ1n) is 6.25. The molecule has 1 unspecified atom stereocenters. The minimum absolute atomic E-state index is 0.1000. The van der Waals surface area contributed by atoms with Crippen molar-refractivity contribution in [3.8, 4) is 0 Å². The van der Waals surface area contributed by atoms with E-state index < -0.39 is 0 Å². The average molecular weight is 312 g/mol. The first kappa shape index (κ1) is 13.6. The van der Waals surface area contributed by atoms with Gasteiger partial charge in [-0.15, -0.1) is 0 Å². The Morgan fingerprint density at radius 3 is 3.00 bits per heavy atom. The van der Waals surface area contributed by atoms with Gasteiger partial charge in [0.25, 0.3) is 5.91 Å². The maximum absolute atomic E-state index is 12.4. The Hall–Kier alpha value is -0.870. The SMILES string of the molecule is Cc1cc(C(=O)N2CCCOC(C)C2)ccc1Br. The van der Waals surface area contributed by atoms with Crippen LogP contribution in [0.15, 0.2) is 22.7 Å². The summed E-state index contributed by atoms with van der Waals surface area (Å²) >= 11 is 3.45. The zero-order valence-corrected chi connectivity index (χ0v) is 12.4. The number of benzene rings is 1. The van der Waals surface area contributed by atoms with E-state index in [1.165, 1.54) is 0 Å². The summed E-state index contributed by atoms with van der Waals surface area (Å²) in [6, 6.07) is 5.74. The van der Waals surface area contributed by atoms with Gasteiger partial charge in [0.2, 0.25) is 0 Å². The van der Waals surface area contributed by atoms with Gasteiger partial charge < -0.3 is 9.64 Å². The van der Waals surface area contributed by atoms with Crippen LogP contribution in [0.4, 0.5) is 0 Å². The molecule has 1 fully saturated rings. The molecule has 0 aromatic heterocycles. The number of halogens is 1. The molecule has 4 heteroatoms. The lowest BCUT2D eigenvalue weighted by molar-refractivity contribution is 0.0562. The number of carbonyl (C=O) groups excluding carboxylic acids is 1. The third kappa shape index (κ3) is 3.12. The summed E-state index contributed by atoms with van der Waals surface area (Å²) in [5.74, 6) is 0.1000. The standard InChI is InChI=1S/C14H18BrNO2/c1-10-8-12(4-5-13(10)15)14(17)16-6-3-7-18-11(2)9-16/h4-5,8,11H,3,6-7,9H2,1-2H3. The van der Waals surface area contributed by atoms with E-state index in [4.69, 9.17) is 4.74 Å². The van der Waals surface area contributed by atoms with Crippen LogP contribution in [0.3, 0.4) is 0 Å². The van der Waals surface area contributed by atoms with Crippen LogP contribution in [-0.4, -0.2) is 36.6 Å². The van der Waals surface area contributed by atoms with E-state index in [0.717, 1.165) is 35.2 Å². The second-order valence-electron chi connectivity index (χ2n) is 4.75. The van der Waals surface area contributed by atoms with E-state index in [1.54, 1.807) is 0 Å². The molecule has 0 radical (unpaired) electrons. The van der Waals surface area contributed by atoms with Gasteiger partial charge >= 0.3 is 0 Å². The predicted octanol–water partition coefficient (Wildman–Crippen LogP) is 3.01. The van der Waals surface area contributed by atoms with Crippen LogP contribution >= 0.6 is 15.9 Å². The van der Waals surface area contributed by atoms with Gasteiger partial charge in [-0.25, -0.2) is 0 Å². The van der Waals surface area contributed by atoms with Crippen LogP contribution in [0.1, 0.15) is 29.3 Å². The molecule has 1 amide bonds. The third-order valence-electron chi connectivity index (χ3n) is 3.14. The number of rotatable bonds is 1. The fourth-order valence-electron chi connectivity index (χ4n) is 2.14. The Morgan fingerprint density at radius 2 is 2.28 bits per heavy atom. The topological polar surface area (TPSA) is 29.5 Å². The van der Waals surface area contributed by atoms with E-state index in [2.05, 4.69) is 15.9 Å². The summed E-state index contributed by atoms with van der Waals surface area (Å²) in [5.41, 5.74) is 1.84. The normalized spacial score (nSPS) is 20.6. The minimum atomic E-state index is 0.1000. The molecular formula is C14H18BrNO2. The monoisotopic (exact) mass is 311 g/mol. The highest BCUT2D eigenvalue weighted by Crippen LogP contribution is 2.19. The Labute approximate surface area is 116 Å². The van der Waals surface area contributed by atoms with Gasteiger partial charge in [-0.2, -0.15) is 0 Å². The largest absolute Gasteiger partial charge is 0.377 e. The van der Waals surface area contributed by atoms with Crippen molar-refractivity contribution < 1.29 is 9.53 Å². The molecule has 3 nitrogen and oxygen atoms in total. The van der Waals surface area contributed by atoms with Gasteiger partial charge in [0.05, 0.1) is 6.10 Å². The Balaban J connectivity index is 2.16. The first-order chi connectivity index (χ1) is 8.58. The van der Waals surface area contributed by atoms with Crippen LogP contribution in [0, 0.1) is 6.92 Å². The molecule has 0 bridgehead atoms. The molecule has 2 rings (SSSR count). The molecule has 0 spiro atoms. The number of hydrogen-bond acceptors (Lipinski definition) is 2. The number of hydrogen-bond donors (Lipinski definition) is 0. The van der Waals surface area contributed by atoms with Crippen molar-refractivity contribution in [1.82, 2.24) is 4.90 Å². The first-order valence-corrected chi connectivity index (χ1v) is 7.04. The van der Waals surface area contributed by atoms with E-state index >= 15 is 0 Å². The molecule has 1 aliphatic rings. The van der Waals surface area contributed by atoms with Crippen LogP contribution in [0.5, 0.6) is 0 Å². The third-order valence-corrected chi connectivity index (χ3v) is 4.03. The molecule has 1 aliphatic heterocycles. The van der Waals surface area contributed by atoms with Gasteiger partial charge in [-0.05, 0) is 44.0 Å². The molecular weight excluding hydrogens is 294 g/mol. The molecule has 1 heterocycles. The molecule has 0 N–H and O–H groups in total. The van der Waals surface area contributed by atoms with E-state index in [0.29, 0.717) is 6.54 Å². The second-order valence-corrected chi connectivity index (χ2v) is 5.60. The maximum Gasteiger partial charge on any atom is 0.253 e. The van der Waals surface area contributed by atoms with E-state index in [9.17, 15) is 4.79 Å². The lowest BCUT2D eigenvalue weighted by atomic mass is 10.1. The molecule has 1 saturated heterocycles. The molecule has 98 valence electrons. The number of amides is 1. The van der Waals surface area contributed by atoms with Crippen molar-refractivity contribution in [2.45, 2.75) is 26.4 Å². The molecule has 0 aliphatic carbocycles. The lowest BCUT2D eigenvalue weighted by Gasteiger charge is -2.22. The molecule has 1 aromatic carbocycles. The van der Waals surface area contributed by atoms with Crippen LogP contribution in [-0.2, 0) is 4.74 Å². The summed E-state index contributed by atoms with van der Waals surface area (Å²) in [7, 11) is 0. The highest BCUT2D eigenvalue weighted by Gasteiger charge is 2.21. The van der Waals surface area contributed by atoms with Gasteiger partial charge in [0.15, 0.2) is 0 Å². The maximum atomic E-state index is 12.4. The Morgan fingerprint density at radius 1 is 1.50 bits per heavy atom. The zero-order valence-electron chi connectivity index (χ0n) is 10.8. The van der Waals surface area contributed by atoms with Crippen molar-refractivity contribution in [1.29, 1.82) is 0 Å². The van der Waals surface area contributed by atoms with Gasteiger partial charge in [-0.3, -0.25) is 4.79 Å². The van der Waals surface area contributed by atoms with Gasteiger partial charge in [-0.1, -0.05) is 15.9 Å². The quantitative estimate of drug-likeness (QED) is 0.798. The second kappa shape index (κ2) is 5.85. The lowest BCUT2D eigenvalue weighted by Crippen LogP contribution is -2.35. The number of carbonyl (C=O) groups is 1. The van der Waals surface area contributed by atoms with E-state index in [1.807, 2.05) is 36.9 Å². The fourth-order valence-corrected chi connectivity index (χ4v) is 2.39. The Kier molecular flexibility index (Phi) is 4.40. The number of nitrogens with zero attached hydrogens (tertiary/aromatic N) is 1.